The van der Waals surface area contributed by atoms with Crippen molar-refractivity contribution in [2.45, 2.75) is 12.8 Å². The summed E-state index contributed by atoms with van der Waals surface area (Å²) in [7, 11) is 0. The van der Waals surface area contributed by atoms with Crippen molar-refractivity contribution in [3.05, 3.63) is 83.9 Å². The first-order valence-corrected chi connectivity index (χ1v) is 8.86. The summed E-state index contributed by atoms with van der Waals surface area (Å²) >= 11 is 4.95. The lowest BCUT2D eigenvalue weighted by Gasteiger charge is -2.15. The number of carbonyl (C=O) groups is 1. The Hall–Kier alpha value is -3.18. The topological polar surface area (TPSA) is 72.5 Å². The van der Waals surface area contributed by atoms with Gasteiger partial charge in [0.25, 0.3) is 0 Å². The SMILES string of the molecule is CC(C(=O)Oc1ccccc1-c1ccc(O)cc1)c1ccc(C(N)=S)cc1. The second-order valence-electron chi connectivity index (χ2n) is 6.17. The molecule has 4 nitrogen and oxygen atoms in total. The second kappa shape index (κ2) is 8.01. The minimum Gasteiger partial charge on any atom is -0.508 e. The number of benzene rings is 3. The van der Waals surface area contributed by atoms with Crippen molar-refractivity contribution in [2.24, 2.45) is 5.73 Å². The van der Waals surface area contributed by atoms with Crippen molar-refractivity contribution in [3.8, 4) is 22.6 Å². The van der Waals surface area contributed by atoms with Crippen LogP contribution in [-0.2, 0) is 4.79 Å². The molecular formula is C22H19NO3S. The van der Waals surface area contributed by atoms with E-state index in [2.05, 4.69) is 0 Å². The molecule has 3 aromatic rings. The Kier molecular flexibility index (Phi) is 5.52. The van der Waals surface area contributed by atoms with Crippen LogP contribution in [0.25, 0.3) is 11.1 Å². The van der Waals surface area contributed by atoms with Gasteiger partial charge in [-0.05, 0) is 36.2 Å². The van der Waals surface area contributed by atoms with Crippen LogP contribution in [0.5, 0.6) is 11.5 Å². The molecule has 0 bridgehead atoms. The van der Waals surface area contributed by atoms with Gasteiger partial charge in [-0.25, -0.2) is 0 Å². The molecule has 0 saturated heterocycles. The van der Waals surface area contributed by atoms with Gasteiger partial charge in [0.1, 0.15) is 16.5 Å². The van der Waals surface area contributed by atoms with Gasteiger partial charge < -0.3 is 15.6 Å². The van der Waals surface area contributed by atoms with E-state index in [0.717, 1.165) is 22.3 Å². The maximum absolute atomic E-state index is 12.7. The van der Waals surface area contributed by atoms with Crippen molar-refractivity contribution in [2.75, 3.05) is 0 Å². The van der Waals surface area contributed by atoms with Gasteiger partial charge in [0.15, 0.2) is 0 Å². The number of esters is 1. The maximum atomic E-state index is 12.7. The summed E-state index contributed by atoms with van der Waals surface area (Å²) in [5.41, 5.74) is 8.82. The third-order valence-electron chi connectivity index (χ3n) is 4.32. The average Bonchev–Trinajstić information content (AvgIpc) is 2.68. The van der Waals surface area contributed by atoms with E-state index < -0.39 is 5.92 Å². The highest BCUT2D eigenvalue weighted by atomic mass is 32.1. The van der Waals surface area contributed by atoms with Crippen molar-refractivity contribution >= 4 is 23.2 Å². The molecule has 1 atom stereocenters. The Morgan fingerprint density at radius 2 is 1.63 bits per heavy atom. The second-order valence-corrected chi connectivity index (χ2v) is 6.61. The molecule has 0 fully saturated rings. The van der Waals surface area contributed by atoms with Crippen LogP contribution < -0.4 is 10.5 Å². The zero-order chi connectivity index (χ0) is 19.4. The minimum absolute atomic E-state index is 0.183. The Labute approximate surface area is 163 Å². The van der Waals surface area contributed by atoms with E-state index in [1.165, 1.54) is 0 Å². The van der Waals surface area contributed by atoms with Crippen LogP contribution in [0.2, 0.25) is 0 Å². The highest BCUT2D eigenvalue weighted by molar-refractivity contribution is 7.80. The zero-order valence-corrected chi connectivity index (χ0v) is 15.6. The van der Waals surface area contributed by atoms with Gasteiger partial charge >= 0.3 is 5.97 Å². The third-order valence-corrected chi connectivity index (χ3v) is 4.56. The molecule has 0 radical (unpaired) electrons. The summed E-state index contributed by atoms with van der Waals surface area (Å²) < 4.78 is 5.67. The molecule has 3 N–H and O–H groups in total. The van der Waals surface area contributed by atoms with Crippen LogP contribution in [0.4, 0.5) is 0 Å². The normalized spacial score (nSPS) is 11.6. The number of nitrogens with two attached hydrogens (primary N) is 1. The predicted octanol–water partition coefficient (Wildman–Crippen LogP) is 4.40. The molecular weight excluding hydrogens is 358 g/mol. The molecule has 3 aromatic carbocycles. The molecule has 1 unspecified atom stereocenters. The number of aromatic hydroxyl groups is 1. The number of para-hydroxylation sites is 1. The largest absolute Gasteiger partial charge is 0.508 e. The smallest absolute Gasteiger partial charge is 0.318 e. The first-order valence-electron chi connectivity index (χ1n) is 8.45. The van der Waals surface area contributed by atoms with Gasteiger partial charge in [-0.3, -0.25) is 4.79 Å². The van der Waals surface area contributed by atoms with E-state index in [4.69, 9.17) is 22.7 Å². The molecule has 0 spiro atoms. The van der Waals surface area contributed by atoms with Crippen molar-refractivity contribution in [3.63, 3.8) is 0 Å². The molecule has 0 amide bonds. The van der Waals surface area contributed by atoms with Crippen molar-refractivity contribution in [1.29, 1.82) is 0 Å². The summed E-state index contributed by atoms with van der Waals surface area (Å²) in [6.07, 6.45) is 0. The number of ether oxygens (including phenoxy) is 1. The monoisotopic (exact) mass is 377 g/mol. The Bertz CT molecular complexity index is 966. The van der Waals surface area contributed by atoms with Gasteiger partial charge in [-0.1, -0.05) is 66.8 Å². The highest BCUT2D eigenvalue weighted by Gasteiger charge is 2.19. The Morgan fingerprint density at radius 3 is 2.26 bits per heavy atom. The van der Waals surface area contributed by atoms with E-state index in [-0.39, 0.29) is 11.7 Å². The molecule has 3 rings (SSSR count). The Balaban J connectivity index is 1.81. The number of hydrogen-bond acceptors (Lipinski definition) is 4. The quantitative estimate of drug-likeness (QED) is 0.392. The van der Waals surface area contributed by atoms with Gasteiger partial charge in [-0.2, -0.15) is 0 Å². The molecule has 0 aromatic heterocycles. The number of thiocarbonyl (C=S) groups is 1. The van der Waals surface area contributed by atoms with E-state index in [9.17, 15) is 9.90 Å². The first kappa shape index (κ1) is 18.6. The molecule has 0 saturated carbocycles. The summed E-state index contributed by atoms with van der Waals surface area (Å²) in [4.78, 5) is 13.0. The lowest BCUT2D eigenvalue weighted by Crippen LogP contribution is -2.17. The van der Waals surface area contributed by atoms with Crippen LogP contribution in [0, 0.1) is 0 Å². The number of phenols is 1. The van der Waals surface area contributed by atoms with Gasteiger partial charge in [0, 0.05) is 11.1 Å². The fraction of sp³-hybridized carbons (Fsp3) is 0.0909. The van der Waals surface area contributed by atoms with Crippen LogP contribution in [0.15, 0.2) is 72.8 Å². The molecule has 0 aliphatic rings. The summed E-state index contributed by atoms with van der Waals surface area (Å²) in [5, 5.41) is 9.47. The minimum atomic E-state index is -0.446. The van der Waals surface area contributed by atoms with Crippen LogP contribution >= 0.6 is 12.2 Å². The van der Waals surface area contributed by atoms with E-state index in [1.807, 2.05) is 30.3 Å². The van der Waals surface area contributed by atoms with E-state index >= 15 is 0 Å². The number of carbonyl (C=O) groups excluding carboxylic acids is 1. The molecule has 5 heteroatoms. The van der Waals surface area contributed by atoms with Gasteiger partial charge in [-0.15, -0.1) is 0 Å². The summed E-state index contributed by atoms with van der Waals surface area (Å²) in [5.74, 6) is -0.148. The summed E-state index contributed by atoms with van der Waals surface area (Å²) in [6.45, 7) is 1.79. The van der Waals surface area contributed by atoms with Crippen LogP contribution in [-0.4, -0.2) is 16.1 Å². The lowest BCUT2D eigenvalue weighted by atomic mass is 9.99. The maximum Gasteiger partial charge on any atom is 0.318 e. The number of rotatable bonds is 5. The van der Waals surface area contributed by atoms with Gasteiger partial charge in [0.05, 0.1) is 5.92 Å². The Morgan fingerprint density at radius 1 is 1.00 bits per heavy atom. The first-order chi connectivity index (χ1) is 13.0. The molecule has 136 valence electrons. The van der Waals surface area contributed by atoms with Crippen molar-refractivity contribution < 1.29 is 14.6 Å². The van der Waals surface area contributed by atoms with E-state index in [0.29, 0.717) is 10.7 Å². The predicted molar refractivity (Wildman–Crippen MR) is 110 cm³/mol. The zero-order valence-electron chi connectivity index (χ0n) is 14.8. The van der Waals surface area contributed by atoms with Crippen LogP contribution in [0.3, 0.4) is 0 Å². The van der Waals surface area contributed by atoms with Crippen molar-refractivity contribution in [1.82, 2.24) is 0 Å². The number of hydrogen-bond donors (Lipinski definition) is 2. The molecule has 27 heavy (non-hydrogen) atoms. The standard InChI is InChI=1S/C22H19NO3S/c1-14(15-6-8-17(9-7-15)21(23)27)22(25)26-20-5-3-2-4-19(20)16-10-12-18(24)13-11-16/h2-14,24H,1H3,(H2,23,27). The van der Waals surface area contributed by atoms with Gasteiger partial charge in [0.2, 0.25) is 0 Å². The fourth-order valence-electron chi connectivity index (χ4n) is 2.70. The molecule has 0 aliphatic heterocycles. The summed E-state index contributed by atoms with van der Waals surface area (Å²) in [6, 6.07) is 21.3. The molecule has 0 aliphatic carbocycles. The molecule has 0 heterocycles. The fourth-order valence-corrected chi connectivity index (χ4v) is 2.84. The third kappa shape index (κ3) is 4.33. The average molecular weight is 377 g/mol. The number of phenolic OH excluding ortho intramolecular Hbond substituents is 1. The van der Waals surface area contributed by atoms with Crippen LogP contribution in [0.1, 0.15) is 24.0 Å². The lowest BCUT2D eigenvalue weighted by molar-refractivity contribution is -0.135. The van der Waals surface area contributed by atoms with E-state index in [1.54, 1.807) is 49.4 Å². The highest BCUT2D eigenvalue weighted by Crippen LogP contribution is 2.32.